The third-order valence-electron chi connectivity index (χ3n) is 1.92. The second-order valence-electron chi connectivity index (χ2n) is 2.86. The molecule has 0 aromatic carbocycles. The van der Waals surface area contributed by atoms with Crippen molar-refractivity contribution in [1.29, 1.82) is 0 Å². The molecule has 1 saturated heterocycles. The Morgan fingerprint density at radius 2 is 2.18 bits per heavy atom. The van der Waals surface area contributed by atoms with Gasteiger partial charge in [-0.15, -0.1) is 0 Å². The van der Waals surface area contributed by atoms with E-state index >= 15 is 0 Å². The third kappa shape index (κ3) is 2.13. The predicted octanol–water partition coefficient (Wildman–Crippen LogP) is -0.248. The van der Waals surface area contributed by atoms with E-state index in [9.17, 15) is 12.8 Å². The van der Waals surface area contributed by atoms with E-state index in [1.165, 1.54) is 0 Å². The van der Waals surface area contributed by atoms with Crippen molar-refractivity contribution in [2.45, 2.75) is 12.6 Å². The Bertz CT molecular complexity index is 224. The summed E-state index contributed by atoms with van der Waals surface area (Å²) >= 11 is 0. The number of halogens is 1. The van der Waals surface area contributed by atoms with E-state index in [0.717, 1.165) is 0 Å². The van der Waals surface area contributed by atoms with Crippen molar-refractivity contribution in [3.63, 3.8) is 0 Å². The largest absolute Gasteiger partial charge is 0.396 e. The maximum absolute atomic E-state index is 12.8. The highest BCUT2D eigenvalue weighted by Crippen LogP contribution is 2.21. The Labute approximate surface area is 65.1 Å². The van der Waals surface area contributed by atoms with Crippen LogP contribution in [-0.2, 0) is 9.84 Å². The normalized spacial score (nSPS) is 36.9. The zero-order chi connectivity index (χ0) is 8.48. The van der Waals surface area contributed by atoms with Gasteiger partial charge in [-0.2, -0.15) is 0 Å². The smallest absolute Gasteiger partial charge is 0.150 e. The van der Waals surface area contributed by atoms with Crippen LogP contribution in [0, 0.1) is 5.92 Å². The van der Waals surface area contributed by atoms with Crippen molar-refractivity contribution >= 4 is 9.84 Å². The molecule has 1 N–H and O–H groups in total. The molecule has 2 atom stereocenters. The minimum Gasteiger partial charge on any atom is -0.396 e. The molecule has 0 unspecified atom stereocenters. The second-order valence-corrected chi connectivity index (χ2v) is 5.09. The molecule has 0 aromatic heterocycles. The summed E-state index contributed by atoms with van der Waals surface area (Å²) < 4.78 is 34.5. The zero-order valence-electron chi connectivity index (χ0n) is 6.03. The SMILES string of the molecule is O=S1(=O)CC[C@@H](F)[C@@H](CO)C1. The summed E-state index contributed by atoms with van der Waals surface area (Å²) in [6.45, 7) is -0.375. The van der Waals surface area contributed by atoms with Crippen LogP contribution in [0.1, 0.15) is 6.42 Å². The molecule has 0 aromatic rings. The lowest BCUT2D eigenvalue weighted by Gasteiger charge is -2.23. The van der Waals surface area contributed by atoms with E-state index in [-0.39, 0.29) is 24.5 Å². The van der Waals surface area contributed by atoms with Gasteiger partial charge in [-0.3, -0.25) is 0 Å². The van der Waals surface area contributed by atoms with Crippen LogP contribution in [0.25, 0.3) is 0 Å². The summed E-state index contributed by atoms with van der Waals surface area (Å²) in [4.78, 5) is 0. The van der Waals surface area contributed by atoms with E-state index in [2.05, 4.69) is 0 Å². The number of aliphatic hydroxyl groups is 1. The molecule has 0 radical (unpaired) electrons. The van der Waals surface area contributed by atoms with Crippen molar-refractivity contribution in [3.05, 3.63) is 0 Å². The lowest BCUT2D eigenvalue weighted by molar-refractivity contribution is 0.145. The Hall–Kier alpha value is -0.160. The topological polar surface area (TPSA) is 54.4 Å². The van der Waals surface area contributed by atoms with Crippen molar-refractivity contribution in [1.82, 2.24) is 0 Å². The van der Waals surface area contributed by atoms with Gasteiger partial charge in [0.25, 0.3) is 0 Å². The molecule has 1 rings (SSSR count). The molecule has 1 fully saturated rings. The average Bonchev–Trinajstić information content (AvgIpc) is 1.94. The molecule has 66 valence electrons. The molecule has 0 aliphatic carbocycles. The summed E-state index contributed by atoms with van der Waals surface area (Å²) in [5.41, 5.74) is 0. The maximum atomic E-state index is 12.8. The van der Waals surface area contributed by atoms with Crippen LogP contribution in [0.4, 0.5) is 4.39 Å². The summed E-state index contributed by atoms with van der Waals surface area (Å²) in [6, 6.07) is 0. The fourth-order valence-electron chi connectivity index (χ4n) is 1.21. The van der Waals surface area contributed by atoms with Gasteiger partial charge >= 0.3 is 0 Å². The molecule has 1 aliphatic rings. The summed E-state index contributed by atoms with van der Waals surface area (Å²) in [5, 5.41) is 8.59. The maximum Gasteiger partial charge on any atom is 0.150 e. The Morgan fingerprint density at radius 1 is 1.55 bits per heavy atom. The highest BCUT2D eigenvalue weighted by atomic mass is 32.2. The third-order valence-corrected chi connectivity index (χ3v) is 3.71. The van der Waals surface area contributed by atoms with Gasteiger partial charge in [0.1, 0.15) is 6.17 Å². The van der Waals surface area contributed by atoms with Crippen LogP contribution in [0.2, 0.25) is 0 Å². The summed E-state index contributed by atoms with van der Waals surface area (Å²) in [7, 11) is -3.08. The Balaban J connectivity index is 2.66. The molecule has 3 nitrogen and oxygen atoms in total. The Morgan fingerprint density at radius 3 is 2.64 bits per heavy atom. The van der Waals surface area contributed by atoms with Crippen molar-refractivity contribution in [3.8, 4) is 0 Å². The van der Waals surface area contributed by atoms with E-state index in [4.69, 9.17) is 5.11 Å². The fraction of sp³-hybridized carbons (Fsp3) is 1.00. The number of alkyl halides is 1. The molecule has 0 saturated carbocycles. The van der Waals surface area contributed by atoms with Crippen LogP contribution in [-0.4, -0.2) is 37.8 Å². The fourth-order valence-corrected chi connectivity index (χ4v) is 2.93. The standard InChI is InChI=1S/C6H11FO3S/c7-6-1-2-11(9,10)4-5(6)3-8/h5-6,8H,1-4H2/t5-,6+/m0/s1. The van der Waals surface area contributed by atoms with Crippen molar-refractivity contribution in [2.75, 3.05) is 18.1 Å². The average molecular weight is 182 g/mol. The number of sulfone groups is 1. The number of hydrogen-bond acceptors (Lipinski definition) is 3. The number of aliphatic hydroxyl groups excluding tert-OH is 1. The van der Waals surface area contributed by atoms with Gasteiger partial charge in [0.05, 0.1) is 11.5 Å². The molecule has 0 bridgehead atoms. The van der Waals surface area contributed by atoms with Crippen LogP contribution >= 0.6 is 0 Å². The number of hydrogen-bond donors (Lipinski definition) is 1. The molecule has 0 amide bonds. The first-order chi connectivity index (χ1) is 5.05. The molecular weight excluding hydrogens is 171 g/mol. The molecule has 1 heterocycles. The van der Waals surface area contributed by atoms with Gasteiger partial charge in [0.15, 0.2) is 9.84 Å². The van der Waals surface area contributed by atoms with Crippen molar-refractivity contribution < 1.29 is 17.9 Å². The van der Waals surface area contributed by atoms with E-state index in [1.54, 1.807) is 0 Å². The first-order valence-electron chi connectivity index (χ1n) is 3.50. The quantitative estimate of drug-likeness (QED) is 0.608. The lowest BCUT2D eigenvalue weighted by atomic mass is 10.1. The molecule has 11 heavy (non-hydrogen) atoms. The first kappa shape index (κ1) is 8.93. The van der Waals surface area contributed by atoms with Gasteiger partial charge in [0.2, 0.25) is 0 Å². The van der Waals surface area contributed by atoms with Gasteiger partial charge < -0.3 is 5.11 Å². The van der Waals surface area contributed by atoms with E-state index in [1.807, 2.05) is 0 Å². The van der Waals surface area contributed by atoms with Crippen LogP contribution < -0.4 is 0 Å². The molecular formula is C6H11FO3S. The van der Waals surface area contributed by atoms with Crippen LogP contribution in [0.3, 0.4) is 0 Å². The zero-order valence-corrected chi connectivity index (χ0v) is 6.85. The van der Waals surface area contributed by atoms with Gasteiger partial charge in [0, 0.05) is 12.5 Å². The van der Waals surface area contributed by atoms with E-state index < -0.39 is 21.9 Å². The van der Waals surface area contributed by atoms with Crippen molar-refractivity contribution in [2.24, 2.45) is 5.92 Å². The van der Waals surface area contributed by atoms with Gasteiger partial charge in [-0.25, -0.2) is 12.8 Å². The second kappa shape index (κ2) is 3.06. The van der Waals surface area contributed by atoms with E-state index in [0.29, 0.717) is 0 Å². The monoisotopic (exact) mass is 182 g/mol. The highest BCUT2D eigenvalue weighted by Gasteiger charge is 2.32. The van der Waals surface area contributed by atoms with Crippen LogP contribution in [0.15, 0.2) is 0 Å². The molecule has 0 spiro atoms. The Kier molecular flexibility index (Phi) is 2.49. The number of rotatable bonds is 1. The summed E-state index contributed by atoms with van der Waals surface area (Å²) in [5.74, 6) is -0.983. The molecule has 1 aliphatic heterocycles. The predicted molar refractivity (Wildman–Crippen MR) is 38.7 cm³/mol. The minimum atomic E-state index is -3.08. The summed E-state index contributed by atoms with van der Waals surface area (Å²) in [6.07, 6.45) is -1.11. The minimum absolute atomic E-state index is 0.0353. The first-order valence-corrected chi connectivity index (χ1v) is 5.32. The van der Waals surface area contributed by atoms with Gasteiger partial charge in [-0.05, 0) is 6.42 Å². The lowest BCUT2D eigenvalue weighted by Crippen LogP contribution is -2.35. The van der Waals surface area contributed by atoms with Gasteiger partial charge in [-0.1, -0.05) is 0 Å². The van der Waals surface area contributed by atoms with Crippen LogP contribution in [0.5, 0.6) is 0 Å². The highest BCUT2D eigenvalue weighted by molar-refractivity contribution is 7.91. The molecule has 5 heteroatoms.